The first-order valence-electron chi connectivity index (χ1n) is 8.84. The van der Waals surface area contributed by atoms with Crippen molar-refractivity contribution in [1.82, 2.24) is 10.2 Å². The lowest BCUT2D eigenvalue weighted by atomic mass is 9.64. The van der Waals surface area contributed by atoms with E-state index in [4.69, 9.17) is 5.73 Å². The molecule has 1 aromatic rings. The summed E-state index contributed by atoms with van der Waals surface area (Å²) >= 11 is 1.15. The van der Waals surface area contributed by atoms with Crippen LogP contribution >= 0.6 is 11.3 Å². The Labute approximate surface area is 161 Å². The Kier molecular flexibility index (Phi) is 4.75. The van der Waals surface area contributed by atoms with Gasteiger partial charge in [-0.3, -0.25) is 19.3 Å². The van der Waals surface area contributed by atoms with Crippen molar-refractivity contribution in [1.29, 1.82) is 0 Å². The molecule has 1 saturated heterocycles. The van der Waals surface area contributed by atoms with Gasteiger partial charge < -0.3 is 16.4 Å². The molecule has 1 spiro atoms. The van der Waals surface area contributed by atoms with Crippen LogP contribution in [-0.2, 0) is 9.59 Å². The summed E-state index contributed by atoms with van der Waals surface area (Å²) in [4.78, 5) is 50.1. The van der Waals surface area contributed by atoms with Crippen LogP contribution in [0, 0.1) is 11.3 Å². The Balaban J connectivity index is 1.73. The molecule has 1 aliphatic heterocycles. The number of carbonyl (C=O) groups is 4. The zero-order valence-electron chi connectivity index (χ0n) is 15.6. The van der Waals surface area contributed by atoms with E-state index in [1.807, 2.05) is 0 Å². The number of anilines is 1. The molecule has 8 nitrogen and oxygen atoms in total. The van der Waals surface area contributed by atoms with E-state index in [-0.39, 0.29) is 22.8 Å². The van der Waals surface area contributed by atoms with Gasteiger partial charge in [0.1, 0.15) is 17.1 Å². The second kappa shape index (κ2) is 6.63. The van der Waals surface area contributed by atoms with Crippen LogP contribution in [0.1, 0.15) is 50.4 Å². The summed E-state index contributed by atoms with van der Waals surface area (Å²) < 4.78 is 0. The van der Waals surface area contributed by atoms with Gasteiger partial charge in [-0.1, -0.05) is 20.8 Å². The largest absolute Gasteiger partial charge is 0.366 e. The maximum atomic E-state index is 13.0. The Bertz CT molecular complexity index is 818. The Morgan fingerprint density at radius 2 is 2.07 bits per heavy atom. The van der Waals surface area contributed by atoms with Crippen LogP contribution in [0.25, 0.3) is 0 Å². The Hall–Kier alpha value is -2.42. The summed E-state index contributed by atoms with van der Waals surface area (Å²) in [6.07, 6.45) is 2.09. The monoisotopic (exact) mass is 392 g/mol. The molecule has 2 fully saturated rings. The smallest absolute Gasteiger partial charge is 0.325 e. The van der Waals surface area contributed by atoms with Crippen LogP contribution in [0.15, 0.2) is 11.4 Å². The minimum Gasteiger partial charge on any atom is -0.366 e. The lowest BCUT2D eigenvalue weighted by Crippen LogP contribution is -2.54. The first kappa shape index (κ1) is 19.3. The van der Waals surface area contributed by atoms with Gasteiger partial charge in [0.25, 0.3) is 11.8 Å². The van der Waals surface area contributed by atoms with Crippen molar-refractivity contribution in [3.05, 3.63) is 17.0 Å². The molecule has 1 aromatic heterocycles. The summed E-state index contributed by atoms with van der Waals surface area (Å²) in [5.41, 5.74) is 4.44. The summed E-state index contributed by atoms with van der Waals surface area (Å²) in [5.74, 6) is -1.28. The number of nitrogens with zero attached hydrogens (tertiary/aromatic N) is 1. The molecule has 2 atom stereocenters. The fraction of sp³-hybridized carbons (Fsp3) is 0.556. The van der Waals surface area contributed by atoms with E-state index in [0.717, 1.165) is 22.7 Å². The van der Waals surface area contributed by atoms with Gasteiger partial charge in [0.05, 0.1) is 5.56 Å². The van der Waals surface area contributed by atoms with Crippen LogP contribution in [0.3, 0.4) is 0 Å². The number of thiophene rings is 1. The minimum absolute atomic E-state index is 0.0771. The molecular weight excluding hydrogens is 368 g/mol. The van der Waals surface area contributed by atoms with Crippen LogP contribution in [0.4, 0.5) is 9.80 Å². The van der Waals surface area contributed by atoms with Gasteiger partial charge >= 0.3 is 6.03 Å². The summed E-state index contributed by atoms with van der Waals surface area (Å²) in [6, 6.07) is 0.956. The third-order valence-corrected chi connectivity index (χ3v) is 5.94. The molecular formula is C18H24N4O4S. The average Bonchev–Trinajstić information content (AvgIpc) is 3.04. The van der Waals surface area contributed by atoms with E-state index in [2.05, 4.69) is 31.4 Å². The van der Waals surface area contributed by atoms with Gasteiger partial charge in [-0.05, 0) is 42.0 Å². The van der Waals surface area contributed by atoms with Crippen LogP contribution in [0.5, 0.6) is 0 Å². The number of nitrogens with two attached hydrogens (primary N) is 1. The average molecular weight is 392 g/mol. The molecule has 5 amide bonds. The third-order valence-electron chi connectivity index (χ3n) is 5.11. The lowest BCUT2D eigenvalue weighted by Gasteiger charge is -2.43. The van der Waals surface area contributed by atoms with Crippen molar-refractivity contribution >= 4 is 40.1 Å². The number of nitrogens with one attached hydrogen (secondary N) is 2. The molecule has 27 heavy (non-hydrogen) atoms. The molecule has 3 rings (SSSR count). The Morgan fingerprint density at radius 3 is 2.70 bits per heavy atom. The van der Waals surface area contributed by atoms with E-state index < -0.39 is 29.9 Å². The lowest BCUT2D eigenvalue weighted by molar-refractivity contribution is -0.136. The van der Waals surface area contributed by atoms with Crippen LogP contribution < -0.4 is 16.4 Å². The number of urea groups is 1. The first-order valence-corrected chi connectivity index (χ1v) is 9.72. The second-order valence-electron chi connectivity index (χ2n) is 8.33. The SMILES string of the molecule is C[C@H]1CC(C)(C)C[C@@]2(C1)NC(=O)N(CC(=O)Nc1sccc1C(N)=O)C2=O. The predicted molar refractivity (Wildman–Crippen MR) is 101 cm³/mol. The first-order chi connectivity index (χ1) is 12.5. The van der Waals surface area contributed by atoms with Crippen molar-refractivity contribution in [3.63, 3.8) is 0 Å². The van der Waals surface area contributed by atoms with E-state index >= 15 is 0 Å². The van der Waals surface area contributed by atoms with Crippen molar-refractivity contribution < 1.29 is 19.2 Å². The fourth-order valence-electron chi connectivity index (χ4n) is 4.56. The summed E-state index contributed by atoms with van der Waals surface area (Å²) in [6.45, 7) is 5.83. The van der Waals surface area contributed by atoms with Crippen molar-refractivity contribution in [2.24, 2.45) is 17.1 Å². The second-order valence-corrected chi connectivity index (χ2v) is 9.25. The standard InChI is InChI=1S/C18H24N4O4S/c1-10-6-17(2,3)9-18(7-10)15(25)22(16(26)21-18)8-12(23)20-14-11(13(19)24)4-5-27-14/h4-5,10H,6-9H2,1-3H3,(H2,19,24)(H,20,23)(H,21,26)/t10-,18+/m0/s1. The quantitative estimate of drug-likeness (QED) is 0.678. The van der Waals surface area contributed by atoms with E-state index in [0.29, 0.717) is 17.8 Å². The molecule has 1 aliphatic carbocycles. The number of imide groups is 1. The van der Waals surface area contributed by atoms with Gasteiger partial charge in [-0.15, -0.1) is 11.3 Å². The zero-order valence-corrected chi connectivity index (χ0v) is 16.4. The number of hydrogen-bond acceptors (Lipinski definition) is 5. The van der Waals surface area contributed by atoms with Crippen LogP contribution in [-0.4, -0.2) is 40.7 Å². The highest BCUT2D eigenvalue weighted by Gasteiger charge is 2.56. The summed E-state index contributed by atoms with van der Waals surface area (Å²) in [7, 11) is 0. The highest BCUT2D eigenvalue weighted by molar-refractivity contribution is 7.14. The Morgan fingerprint density at radius 1 is 1.37 bits per heavy atom. The fourth-order valence-corrected chi connectivity index (χ4v) is 5.37. The third kappa shape index (κ3) is 3.69. The molecule has 146 valence electrons. The molecule has 2 aliphatic rings. The van der Waals surface area contributed by atoms with Gasteiger partial charge in [-0.2, -0.15) is 0 Å². The van der Waals surface area contributed by atoms with Crippen LogP contribution in [0.2, 0.25) is 0 Å². The van der Waals surface area contributed by atoms with Gasteiger partial charge in [0.15, 0.2) is 0 Å². The number of carbonyl (C=O) groups excluding carboxylic acids is 4. The summed E-state index contributed by atoms with van der Waals surface area (Å²) in [5, 5.41) is 7.33. The maximum Gasteiger partial charge on any atom is 0.325 e. The number of hydrogen-bond donors (Lipinski definition) is 3. The van der Waals surface area contributed by atoms with E-state index in [9.17, 15) is 19.2 Å². The van der Waals surface area contributed by atoms with E-state index in [1.54, 1.807) is 5.38 Å². The van der Waals surface area contributed by atoms with Crippen molar-refractivity contribution in [2.45, 2.75) is 45.6 Å². The predicted octanol–water partition coefficient (Wildman–Crippen LogP) is 1.92. The number of primary amides is 1. The topological polar surface area (TPSA) is 122 Å². The highest BCUT2D eigenvalue weighted by atomic mass is 32.1. The molecule has 0 aromatic carbocycles. The minimum atomic E-state index is -0.945. The van der Waals surface area contributed by atoms with Gasteiger partial charge in [0.2, 0.25) is 5.91 Å². The maximum absolute atomic E-state index is 13.0. The molecule has 9 heteroatoms. The number of amides is 5. The zero-order chi connectivity index (χ0) is 20.0. The van der Waals surface area contributed by atoms with Gasteiger partial charge in [-0.25, -0.2) is 4.79 Å². The molecule has 0 unspecified atom stereocenters. The normalized spacial score (nSPS) is 26.9. The molecule has 4 N–H and O–H groups in total. The molecule has 0 bridgehead atoms. The highest BCUT2D eigenvalue weighted by Crippen LogP contribution is 2.46. The van der Waals surface area contributed by atoms with Crippen molar-refractivity contribution in [2.75, 3.05) is 11.9 Å². The van der Waals surface area contributed by atoms with Crippen molar-refractivity contribution in [3.8, 4) is 0 Å². The van der Waals surface area contributed by atoms with Gasteiger partial charge in [0, 0.05) is 0 Å². The molecule has 1 saturated carbocycles. The van der Waals surface area contributed by atoms with E-state index in [1.165, 1.54) is 6.07 Å². The molecule has 0 radical (unpaired) electrons. The molecule has 2 heterocycles. The number of rotatable bonds is 4.